The summed E-state index contributed by atoms with van der Waals surface area (Å²) in [5.41, 5.74) is 9.16. The molecule has 1 aliphatic rings. The van der Waals surface area contributed by atoms with E-state index in [4.69, 9.17) is 10.5 Å². The lowest BCUT2D eigenvalue weighted by atomic mass is 9.99. The van der Waals surface area contributed by atoms with Gasteiger partial charge in [-0.1, -0.05) is 62.4 Å². The molecule has 2 heterocycles. The van der Waals surface area contributed by atoms with Gasteiger partial charge in [-0.2, -0.15) is 0 Å². The molecular formula is C27H31N5O2. The van der Waals surface area contributed by atoms with Crippen molar-refractivity contribution in [3.63, 3.8) is 0 Å². The van der Waals surface area contributed by atoms with E-state index in [-0.39, 0.29) is 11.8 Å². The molecule has 1 aromatic heterocycles. The molecular weight excluding hydrogens is 426 g/mol. The third-order valence-electron chi connectivity index (χ3n) is 5.95. The van der Waals surface area contributed by atoms with E-state index in [9.17, 15) is 4.79 Å². The summed E-state index contributed by atoms with van der Waals surface area (Å²) in [5.74, 6) is 1.59. The largest absolute Gasteiger partial charge is 0.439 e. The molecule has 7 nitrogen and oxygen atoms in total. The van der Waals surface area contributed by atoms with Gasteiger partial charge < -0.3 is 20.3 Å². The molecule has 1 atom stereocenters. The molecule has 0 saturated heterocycles. The van der Waals surface area contributed by atoms with Gasteiger partial charge in [0.2, 0.25) is 11.8 Å². The van der Waals surface area contributed by atoms with Crippen molar-refractivity contribution in [2.45, 2.75) is 32.9 Å². The number of carbonyl (C=O) groups is 1. The lowest BCUT2D eigenvalue weighted by Crippen LogP contribution is -2.55. The van der Waals surface area contributed by atoms with Crippen LogP contribution in [0.1, 0.15) is 25.0 Å². The number of amides is 1. The topological polar surface area (TPSA) is 84.0 Å². The Labute approximate surface area is 200 Å². The fourth-order valence-corrected chi connectivity index (χ4v) is 4.11. The van der Waals surface area contributed by atoms with Gasteiger partial charge in [0, 0.05) is 31.8 Å². The summed E-state index contributed by atoms with van der Waals surface area (Å²) >= 11 is 0. The Morgan fingerprint density at radius 2 is 1.79 bits per heavy atom. The summed E-state index contributed by atoms with van der Waals surface area (Å²) < 4.78 is 5.89. The standard InChI is InChI=1S/C27H31N5O2/c1-19(2)25(26(33)31(3)15-14-20-10-6-4-7-11-20)32-18-21-16-24(29-17-23(21)30-27(32)28)34-22-12-8-5-9-13-22/h4-13,16-17,19,25H,14-15,18H2,1-3H3,(H2,28,30). The second-order valence-corrected chi connectivity index (χ2v) is 8.85. The number of nitrogens with two attached hydrogens (primary N) is 1. The van der Waals surface area contributed by atoms with Crippen LogP contribution in [0.25, 0.3) is 0 Å². The molecule has 176 valence electrons. The first-order valence-electron chi connectivity index (χ1n) is 11.5. The molecule has 34 heavy (non-hydrogen) atoms. The lowest BCUT2D eigenvalue weighted by Gasteiger charge is -2.38. The number of para-hydroxylation sites is 1. The maximum absolute atomic E-state index is 13.5. The first-order chi connectivity index (χ1) is 16.4. The number of pyridine rings is 1. The van der Waals surface area contributed by atoms with Crippen LogP contribution in [0.2, 0.25) is 0 Å². The molecule has 1 unspecified atom stereocenters. The number of hydrogen-bond donors (Lipinski definition) is 1. The maximum atomic E-state index is 13.5. The van der Waals surface area contributed by atoms with Crippen LogP contribution in [0.4, 0.5) is 5.69 Å². The SMILES string of the molecule is CC(C)C(C(=O)N(C)CCc1ccccc1)N1Cc2cc(Oc3ccccc3)ncc2N=C1N. The molecule has 0 saturated carbocycles. The van der Waals surface area contributed by atoms with Crippen molar-refractivity contribution in [3.8, 4) is 11.6 Å². The van der Waals surface area contributed by atoms with E-state index in [0.717, 1.165) is 12.0 Å². The van der Waals surface area contributed by atoms with Crippen molar-refractivity contribution in [2.24, 2.45) is 16.6 Å². The van der Waals surface area contributed by atoms with Crippen LogP contribution in [0.3, 0.4) is 0 Å². The van der Waals surface area contributed by atoms with E-state index in [1.54, 1.807) is 11.1 Å². The maximum Gasteiger partial charge on any atom is 0.245 e. The number of aromatic nitrogens is 1. The average molecular weight is 458 g/mol. The molecule has 2 aromatic carbocycles. The van der Waals surface area contributed by atoms with Gasteiger partial charge in [-0.25, -0.2) is 9.98 Å². The summed E-state index contributed by atoms with van der Waals surface area (Å²) in [7, 11) is 1.85. The number of carbonyl (C=O) groups excluding carboxylic acids is 1. The van der Waals surface area contributed by atoms with Gasteiger partial charge in [-0.05, 0) is 30.0 Å². The first kappa shape index (κ1) is 23.3. The Hall–Kier alpha value is -3.87. The van der Waals surface area contributed by atoms with Crippen LogP contribution in [-0.2, 0) is 17.8 Å². The van der Waals surface area contributed by atoms with E-state index in [0.29, 0.717) is 36.4 Å². The van der Waals surface area contributed by atoms with Crippen LogP contribution < -0.4 is 10.5 Å². The normalized spacial score (nSPS) is 13.8. The van der Waals surface area contributed by atoms with Crippen LogP contribution in [0.15, 0.2) is 77.9 Å². The number of guanidine groups is 1. The number of likely N-dealkylation sites (N-methyl/N-ethyl adjacent to an activating group) is 1. The summed E-state index contributed by atoms with van der Waals surface area (Å²) in [6.07, 6.45) is 2.46. The molecule has 3 aromatic rings. The molecule has 7 heteroatoms. The quantitative estimate of drug-likeness (QED) is 0.543. The van der Waals surface area contributed by atoms with Crippen molar-refractivity contribution in [1.29, 1.82) is 0 Å². The minimum Gasteiger partial charge on any atom is -0.439 e. The fraction of sp³-hybridized carbons (Fsp3) is 0.296. The molecule has 0 spiro atoms. The molecule has 0 fully saturated rings. The van der Waals surface area contributed by atoms with Gasteiger partial charge in [0.15, 0.2) is 5.96 Å². The zero-order valence-corrected chi connectivity index (χ0v) is 19.9. The van der Waals surface area contributed by atoms with Gasteiger partial charge >= 0.3 is 0 Å². The second kappa shape index (κ2) is 10.4. The lowest BCUT2D eigenvalue weighted by molar-refractivity contribution is -0.136. The Kier molecular flexibility index (Phi) is 7.11. The number of ether oxygens (including phenoxy) is 1. The number of rotatable bonds is 8. The third-order valence-corrected chi connectivity index (χ3v) is 5.95. The highest BCUT2D eigenvalue weighted by Gasteiger charge is 2.34. The summed E-state index contributed by atoms with van der Waals surface area (Å²) in [4.78, 5) is 26.1. The van der Waals surface area contributed by atoms with E-state index in [1.807, 2.05) is 80.4 Å². The molecule has 4 rings (SSSR count). The van der Waals surface area contributed by atoms with Crippen LogP contribution in [0, 0.1) is 5.92 Å². The smallest absolute Gasteiger partial charge is 0.245 e. The van der Waals surface area contributed by atoms with Crippen LogP contribution >= 0.6 is 0 Å². The number of hydrogen-bond acceptors (Lipinski definition) is 6. The van der Waals surface area contributed by atoms with E-state index in [2.05, 4.69) is 22.1 Å². The first-order valence-corrected chi connectivity index (χ1v) is 11.5. The summed E-state index contributed by atoms with van der Waals surface area (Å²) in [6.45, 7) is 5.16. The predicted octanol–water partition coefficient (Wildman–Crippen LogP) is 4.36. The van der Waals surface area contributed by atoms with Crippen molar-refractivity contribution in [1.82, 2.24) is 14.8 Å². The number of aliphatic imine (C=N–C) groups is 1. The highest BCUT2D eigenvalue weighted by molar-refractivity contribution is 5.90. The molecule has 0 bridgehead atoms. The Morgan fingerprint density at radius 3 is 2.47 bits per heavy atom. The Balaban J connectivity index is 1.50. The zero-order chi connectivity index (χ0) is 24.1. The monoisotopic (exact) mass is 457 g/mol. The van der Waals surface area contributed by atoms with Gasteiger partial charge in [0.1, 0.15) is 11.8 Å². The third kappa shape index (κ3) is 5.36. The fourth-order valence-electron chi connectivity index (χ4n) is 4.11. The van der Waals surface area contributed by atoms with Gasteiger partial charge in [0.25, 0.3) is 0 Å². The van der Waals surface area contributed by atoms with Crippen LogP contribution in [-0.4, -0.2) is 46.3 Å². The van der Waals surface area contributed by atoms with Gasteiger partial charge in [0.05, 0.1) is 11.9 Å². The number of benzene rings is 2. The summed E-state index contributed by atoms with van der Waals surface area (Å²) in [5, 5.41) is 0. The summed E-state index contributed by atoms with van der Waals surface area (Å²) in [6, 6.07) is 21.1. The Morgan fingerprint density at radius 1 is 1.12 bits per heavy atom. The second-order valence-electron chi connectivity index (χ2n) is 8.85. The molecule has 1 amide bonds. The van der Waals surface area contributed by atoms with E-state index in [1.165, 1.54) is 5.56 Å². The molecule has 0 radical (unpaired) electrons. The average Bonchev–Trinajstić information content (AvgIpc) is 2.84. The highest BCUT2D eigenvalue weighted by Crippen LogP contribution is 2.31. The van der Waals surface area contributed by atoms with Crippen LogP contribution in [0.5, 0.6) is 11.6 Å². The van der Waals surface area contributed by atoms with Crippen molar-refractivity contribution in [3.05, 3.63) is 84.1 Å². The van der Waals surface area contributed by atoms with Gasteiger partial charge in [-0.3, -0.25) is 4.79 Å². The molecule has 2 N–H and O–H groups in total. The van der Waals surface area contributed by atoms with E-state index < -0.39 is 6.04 Å². The number of nitrogens with zero attached hydrogens (tertiary/aromatic N) is 4. The molecule has 1 aliphatic heterocycles. The highest BCUT2D eigenvalue weighted by atomic mass is 16.5. The zero-order valence-electron chi connectivity index (χ0n) is 19.9. The number of fused-ring (bicyclic) bond motifs is 1. The van der Waals surface area contributed by atoms with E-state index >= 15 is 0 Å². The molecule has 0 aliphatic carbocycles. The predicted molar refractivity (Wildman–Crippen MR) is 134 cm³/mol. The van der Waals surface area contributed by atoms with Crippen molar-refractivity contribution in [2.75, 3.05) is 13.6 Å². The Bertz CT molecular complexity index is 1150. The van der Waals surface area contributed by atoms with Crippen molar-refractivity contribution < 1.29 is 9.53 Å². The minimum absolute atomic E-state index is 0.0300. The van der Waals surface area contributed by atoms with Crippen molar-refractivity contribution >= 4 is 17.6 Å². The minimum atomic E-state index is -0.427. The van der Waals surface area contributed by atoms with Gasteiger partial charge in [-0.15, -0.1) is 0 Å².